The largest absolute Gasteiger partial charge is 0.487 e. The van der Waals surface area contributed by atoms with Crippen LogP contribution >= 0.6 is 0 Å². The maximum Gasteiger partial charge on any atom is 0.124 e. The molecule has 0 spiro atoms. The Morgan fingerprint density at radius 3 is 2.78 bits per heavy atom. The lowest BCUT2D eigenvalue weighted by Crippen LogP contribution is -2.42. The summed E-state index contributed by atoms with van der Waals surface area (Å²) in [6.07, 6.45) is 2.15. The van der Waals surface area contributed by atoms with Crippen molar-refractivity contribution in [2.45, 2.75) is 52.2 Å². The molecule has 0 bridgehead atoms. The Morgan fingerprint density at radius 1 is 1.39 bits per heavy atom. The molecule has 1 aromatic rings. The van der Waals surface area contributed by atoms with Gasteiger partial charge in [0.15, 0.2) is 0 Å². The van der Waals surface area contributed by atoms with E-state index in [9.17, 15) is 0 Å². The van der Waals surface area contributed by atoms with Crippen molar-refractivity contribution in [3.05, 3.63) is 29.8 Å². The van der Waals surface area contributed by atoms with Gasteiger partial charge in [-0.05, 0) is 31.9 Å². The maximum absolute atomic E-state index is 6.27. The van der Waals surface area contributed by atoms with Crippen LogP contribution in [-0.4, -0.2) is 12.1 Å². The zero-order valence-corrected chi connectivity index (χ0v) is 12.0. The molecule has 2 nitrogen and oxygen atoms in total. The Balaban J connectivity index is 2.27. The predicted octanol–water partition coefficient (Wildman–Crippen LogP) is 3.92. The van der Waals surface area contributed by atoms with Crippen LogP contribution in [0.25, 0.3) is 0 Å². The molecule has 0 aromatic heterocycles. The number of benzene rings is 1. The van der Waals surface area contributed by atoms with E-state index in [-0.39, 0.29) is 5.60 Å². The number of fused-ring (bicyclic) bond motifs is 1. The molecular weight excluding hydrogens is 222 g/mol. The third-order valence-electron chi connectivity index (χ3n) is 3.58. The van der Waals surface area contributed by atoms with Crippen LogP contribution in [0.1, 0.15) is 52.1 Å². The summed E-state index contributed by atoms with van der Waals surface area (Å²) in [6.45, 7) is 9.93. The average Bonchev–Trinajstić information content (AvgIpc) is 2.27. The van der Waals surface area contributed by atoms with Crippen molar-refractivity contribution >= 4 is 0 Å². The fourth-order valence-electron chi connectivity index (χ4n) is 3.13. The fraction of sp³-hybridized carbons (Fsp3) is 0.625. The van der Waals surface area contributed by atoms with E-state index in [1.165, 1.54) is 5.56 Å². The van der Waals surface area contributed by atoms with Crippen molar-refractivity contribution in [1.82, 2.24) is 5.32 Å². The highest BCUT2D eigenvalue weighted by Crippen LogP contribution is 2.41. The number of nitrogens with one attached hydrogen (secondary N) is 1. The second kappa shape index (κ2) is 5.31. The Hall–Kier alpha value is -1.02. The fourth-order valence-corrected chi connectivity index (χ4v) is 3.13. The SMILES string of the molecule is CCNC1CC(C)(CC(C)C)Oc2ccccc21. The lowest BCUT2D eigenvalue weighted by Gasteiger charge is -2.41. The van der Waals surface area contributed by atoms with Crippen molar-refractivity contribution in [1.29, 1.82) is 0 Å². The molecule has 1 N–H and O–H groups in total. The monoisotopic (exact) mass is 247 g/mol. The molecule has 0 saturated carbocycles. The summed E-state index contributed by atoms with van der Waals surface area (Å²) in [5, 5.41) is 3.59. The molecule has 2 heteroatoms. The number of para-hydroxylation sites is 1. The standard InChI is InChI=1S/C16H25NO/c1-5-17-14-11-16(4,10-12(2)3)18-15-9-7-6-8-13(14)15/h6-9,12,14,17H,5,10-11H2,1-4H3. The molecule has 1 aliphatic rings. The van der Waals surface area contributed by atoms with Crippen LogP contribution in [0.15, 0.2) is 24.3 Å². The van der Waals surface area contributed by atoms with Crippen LogP contribution < -0.4 is 10.1 Å². The van der Waals surface area contributed by atoms with Crippen LogP contribution in [0.5, 0.6) is 5.75 Å². The minimum atomic E-state index is -0.0463. The second-order valence-corrected chi connectivity index (χ2v) is 6.00. The third-order valence-corrected chi connectivity index (χ3v) is 3.58. The number of hydrogen-bond donors (Lipinski definition) is 1. The Bertz CT molecular complexity index is 402. The van der Waals surface area contributed by atoms with E-state index in [0.29, 0.717) is 12.0 Å². The topological polar surface area (TPSA) is 21.3 Å². The first-order chi connectivity index (χ1) is 8.54. The van der Waals surface area contributed by atoms with E-state index < -0.39 is 0 Å². The summed E-state index contributed by atoms with van der Waals surface area (Å²) in [6, 6.07) is 8.85. The predicted molar refractivity (Wildman–Crippen MR) is 76.0 cm³/mol. The van der Waals surface area contributed by atoms with E-state index in [1.54, 1.807) is 0 Å². The van der Waals surface area contributed by atoms with Gasteiger partial charge in [-0.15, -0.1) is 0 Å². The summed E-state index contributed by atoms with van der Waals surface area (Å²) in [4.78, 5) is 0. The number of ether oxygens (including phenoxy) is 1. The van der Waals surface area contributed by atoms with E-state index >= 15 is 0 Å². The minimum Gasteiger partial charge on any atom is -0.487 e. The van der Waals surface area contributed by atoms with Gasteiger partial charge in [0, 0.05) is 18.0 Å². The van der Waals surface area contributed by atoms with Crippen molar-refractivity contribution < 1.29 is 4.74 Å². The van der Waals surface area contributed by atoms with Gasteiger partial charge < -0.3 is 10.1 Å². The molecule has 2 rings (SSSR count). The van der Waals surface area contributed by atoms with Gasteiger partial charge >= 0.3 is 0 Å². The first-order valence-electron chi connectivity index (χ1n) is 7.05. The van der Waals surface area contributed by atoms with Crippen LogP contribution in [0.4, 0.5) is 0 Å². The quantitative estimate of drug-likeness (QED) is 0.870. The van der Waals surface area contributed by atoms with Crippen molar-refractivity contribution in [3.8, 4) is 5.75 Å². The van der Waals surface area contributed by atoms with Crippen LogP contribution in [0, 0.1) is 5.92 Å². The van der Waals surface area contributed by atoms with E-state index in [4.69, 9.17) is 4.74 Å². The molecule has 0 fully saturated rings. The summed E-state index contributed by atoms with van der Waals surface area (Å²) in [5.41, 5.74) is 1.26. The molecule has 0 radical (unpaired) electrons. The maximum atomic E-state index is 6.27. The van der Waals surface area contributed by atoms with Gasteiger partial charge in [0.25, 0.3) is 0 Å². The Kier molecular flexibility index (Phi) is 3.96. The van der Waals surface area contributed by atoms with Gasteiger partial charge in [-0.1, -0.05) is 39.0 Å². The molecule has 0 amide bonds. The van der Waals surface area contributed by atoms with Crippen molar-refractivity contribution in [2.24, 2.45) is 5.92 Å². The molecule has 2 atom stereocenters. The first kappa shape index (κ1) is 13.4. The Morgan fingerprint density at radius 2 is 2.11 bits per heavy atom. The highest BCUT2D eigenvalue weighted by Gasteiger charge is 2.37. The molecule has 100 valence electrons. The summed E-state index contributed by atoms with van der Waals surface area (Å²) in [5.74, 6) is 1.71. The number of rotatable bonds is 4. The molecule has 2 unspecified atom stereocenters. The van der Waals surface area contributed by atoms with Gasteiger partial charge in [-0.2, -0.15) is 0 Å². The molecule has 1 heterocycles. The highest BCUT2D eigenvalue weighted by molar-refractivity contribution is 5.38. The third kappa shape index (κ3) is 2.86. The Labute approximate surface area is 111 Å². The summed E-state index contributed by atoms with van der Waals surface area (Å²) >= 11 is 0. The van der Waals surface area contributed by atoms with Crippen LogP contribution in [-0.2, 0) is 0 Å². The molecular formula is C16H25NO. The summed E-state index contributed by atoms with van der Waals surface area (Å²) < 4.78 is 6.27. The van der Waals surface area contributed by atoms with Crippen molar-refractivity contribution in [3.63, 3.8) is 0 Å². The number of hydrogen-bond acceptors (Lipinski definition) is 2. The molecule has 1 aromatic carbocycles. The van der Waals surface area contributed by atoms with Gasteiger partial charge in [0.1, 0.15) is 11.4 Å². The normalized spacial score (nSPS) is 26.8. The first-order valence-corrected chi connectivity index (χ1v) is 7.05. The molecule has 18 heavy (non-hydrogen) atoms. The molecule has 0 aliphatic carbocycles. The van der Waals surface area contributed by atoms with E-state index in [1.807, 2.05) is 0 Å². The van der Waals surface area contributed by atoms with Crippen LogP contribution in [0.3, 0.4) is 0 Å². The second-order valence-electron chi connectivity index (χ2n) is 6.00. The smallest absolute Gasteiger partial charge is 0.124 e. The molecule has 0 saturated heterocycles. The van der Waals surface area contributed by atoms with Gasteiger partial charge in [0.2, 0.25) is 0 Å². The van der Waals surface area contributed by atoms with Gasteiger partial charge in [0.05, 0.1) is 0 Å². The van der Waals surface area contributed by atoms with Crippen molar-refractivity contribution in [2.75, 3.05) is 6.54 Å². The summed E-state index contributed by atoms with van der Waals surface area (Å²) in [7, 11) is 0. The van der Waals surface area contributed by atoms with Gasteiger partial charge in [-0.25, -0.2) is 0 Å². The lowest BCUT2D eigenvalue weighted by atomic mass is 9.83. The zero-order chi connectivity index (χ0) is 13.2. The van der Waals surface area contributed by atoms with Crippen LogP contribution in [0.2, 0.25) is 0 Å². The zero-order valence-electron chi connectivity index (χ0n) is 12.0. The highest BCUT2D eigenvalue weighted by atomic mass is 16.5. The van der Waals surface area contributed by atoms with E-state index in [0.717, 1.165) is 25.1 Å². The lowest BCUT2D eigenvalue weighted by molar-refractivity contribution is 0.0289. The van der Waals surface area contributed by atoms with Gasteiger partial charge in [-0.3, -0.25) is 0 Å². The average molecular weight is 247 g/mol. The van der Waals surface area contributed by atoms with E-state index in [2.05, 4.69) is 57.3 Å². The molecule has 1 aliphatic heterocycles. The minimum absolute atomic E-state index is 0.0463.